The third kappa shape index (κ3) is 2.92. The number of aromatic nitrogens is 2. The van der Waals surface area contributed by atoms with Crippen molar-refractivity contribution >= 4 is 17.6 Å². The van der Waals surface area contributed by atoms with Crippen LogP contribution in [0.15, 0.2) is 6.20 Å². The molecule has 0 aliphatic heterocycles. The fraction of sp³-hybridized carbons (Fsp3) is 0.778. The number of nitrogens with zero attached hydrogens (tertiary/aromatic N) is 3. The van der Waals surface area contributed by atoms with Gasteiger partial charge in [0.15, 0.2) is 0 Å². The first kappa shape index (κ1) is 16.2. The molecule has 5 rings (SSSR count). The highest BCUT2D eigenvalue weighted by Crippen LogP contribution is 2.55. The normalized spacial score (nSPS) is 33.7. The fourth-order valence-electron chi connectivity index (χ4n) is 5.59. The molecular formula is C18H27ClN4O. The van der Waals surface area contributed by atoms with Crippen LogP contribution in [-0.2, 0) is 13.1 Å². The summed E-state index contributed by atoms with van der Waals surface area (Å²) >= 11 is 6.23. The van der Waals surface area contributed by atoms with Crippen LogP contribution in [-0.4, -0.2) is 33.3 Å². The minimum absolute atomic E-state index is 0.0130. The molecule has 0 radical (unpaired) electrons. The summed E-state index contributed by atoms with van der Waals surface area (Å²) < 4.78 is 1.81. The molecule has 4 aliphatic carbocycles. The highest BCUT2D eigenvalue weighted by atomic mass is 35.5. The SMILES string of the molecule is CCn1cc(Cl)c(CN(C)C(=O)NC23CC4CC(CC(C4)C2)C3)n1. The summed E-state index contributed by atoms with van der Waals surface area (Å²) in [6.07, 6.45) is 9.48. The Hall–Kier alpha value is -1.23. The van der Waals surface area contributed by atoms with E-state index < -0.39 is 0 Å². The summed E-state index contributed by atoms with van der Waals surface area (Å²) in [7, 11) is 1.83. The predicted octanol–water partition coefficient (Wildman–Crippen LogP) is 3.67. The number of urea groups is 1. The molecule has 1 aromatic heterocycles. The van der Waals surface area contributed by atoms with Crippen molar-refractivity contribution in [2.45, 2.75) is 64.1 Å². The Bertz CT molecular complexity index is 606. The number of aryl methyl sites for hydroxylation is 1. The molecule has 0 atom stereocenters. The van der Waals surface area contributed by atoms with E-state index in [1.807, 2.05) is 24.9 Å². The van der Waals surface area contributed by atoms with E-state index in [1.54, 1.807) is 4.90 Å². The summed E-state index contributed by atoms with van der Waals surface area (Å²) in [4.78, 5) is 14.5. The largest absolute Gasteiger partial charge is 0.333 e. The lowest BCUT2D eigenvalue weighted by Gasteiger charge is -2.57. The van der Waals surface area contributed by atoms with Gasteiger partial charge in [-0.3, -0.25) is 4.68 Å². The van der Waals surface area contributed by atoms with Crippen molar-refractivity contribution in [3.8, 4) is 0 Å². The van der Waals surface area contributed by atoms with E-state index in [-0.39, 0.29) is 11.6 Å². The molecule has 4 aliphatic rings. The van der Waals surface area contributed by atoms with Gasteiger partial charge in [0.05, 0.1) is 11.6 Å². The summed E-state index contributed by atoms with van der Waals surface area (Å²) in [5.74, 6) is 2.49. The molecule has 1 N–H and O–H groups in total. The van der Waals surface area contributed by atoms with Crippen molar-refractivity contribution in [3.63, 3.8) is 0 Å². The van der Waals surface area contributed by atoms with Gasteiger partial charge in [0.1, 0.15) is 5.69 Å². The highest BCUT2D eigenvalue weighted by molar-refractivity contribution is 6.31. The zero-order valence-electron chi connectivity index (χ0n) is 14.6. The predicted molar refractivity (Wildman–Crippen MR) is 93.8 cm³/mol. The summed E-state index contributed by atoms with van der Waals surface area (Å²) in [5, 5.41) is 8.47. The van der Waals surface area contributed by atoms with Gasteiger partial charge in [0.25, 0.3) is 0 Å². The average Bonchev–Trinajstić information content (AvgIpc) is 2.85. The molecule has 132 valence electrons. The summed E-state index contributed by atoms with van der Waals surface area (Å²) in [6.45, 7) is 3.25. The zero-order chi connectivity index (χ0) is 16.9. The Balaban J connectivity index is 1.41. The van der Waals surface area contributed by atoms with Crippen molar-refractivity contribution in [1.29, 1.82) is 0 Å². The van der Waals surface area contributed by atoms with Crippen LogP contribution in [0.1, 0.15) is 51.1 Å². The molecule has 0 unspecified atom stereocenters. The summed E-state index contributed by atoms with van der Waals surface area (Å²) in [5.41, 5.74) is 0.814. The molecule has 1 aromatic rings. The van der Waals surface area contributed by atoms with Crippen molar-refractivity contribution < 1.29 is 4.79 Å². The van der Waals surface area contributed by atoms with Crippen molar-refractivity contribution in [2.75, 3.05) is 7.05 Å². The topological polar surface area (TPSA) is 50.2 Å². The van der Waals surface area contributed by atoms with Crippen LogP contribution in [0.2, 0.25) is 5.02 Å². The van der Waals surface area contributed by atoms with Crippen LogP contribution >= 0.6 is 11.6 Å². The Labute approximate surface area is 148 Å². The number of amides is 2. The van der Waals surface area contributed by atoms with E-state index in [9.17, 15) is 4.79 Å². The van der Waals surface area contributed by atoms with Crippen LogP contribution in [0.25, 0.3) is 0 Å². The van der Waals surface area contributed by atoms with E-state index >= 15 is 0 Å². The maximum absolute atomic E-state index is 12.8. The van der Waals surface area contributed by atoms with Gasteiger partial charge in [-0.2, -0.15) is 5.10 Å². The lowest BCUT2D eigenvalue weighted by Crippen LogP contribution is -2.61. The Kier molecular flexibility index (Phi) is 4.02. The van der Waals surface area contributed by atoms with E-state index in [4.69, 9.17) is 11.6 Å². The number of halogens is 1. The Morgan fingerprint density at radius 2 is 1.92 bits per heavy atom. The number of nitrogens with one attached hydrogen (secondary N) is 1. The van der Waals surface area contributed by atoms with E-state index in [0.29, 0.717) is 11.6 Å². The standard InChI is InChI=1S/C18H27ClN4O/c1-3-23-10-15(19)16(21-23)11-22(2)17(24)20-18-7-12-4-13(8-18)6-14(5-12)9-18/h10,12-14H,3-9,11H2,1-2H3,(H,20,24). The van der Waals surface area contributed by atoms with Crippen molar-refractivity contribution in [1.82, 2.24) is 20.0 Å². The number of hydrogen-bond acceptors (Lipinski definition) is 2. The second-order valence-corrected chi connectivity index (χ2v) is 8.67. The smallest absolute Gasteiger partial charge is 0.317 e. The lowest BCUT2D eigenvalue weighted by molar-refractivity contribution is -0.0154. The van der Waals surface area contributed by atoms with Crippen LogP contribution in [0.3, 0.4) is 0 Å². The first-order valence-electron chi connectivity index (χ1n) is 9.21. The van der Waals surface area contributed by atoms with Gasteiger partial charge in [0.2, 0.25) is 0 Å². The molecule has 4 fully saturated rings. The van der Waals surface area contributed by atoms with Crippen LogP contribution in [0.4, 0.5) is 4.79 Å². The third-order valence-electron chi connectivity index (χ3n) is 6.26. The molecule has 4 saturated carbocycles. The second-order valence-electron chi connectivity index (χ2n) is 8.26. The van der Waals surface area contributed by atoms with Crippen molar-refractivity contribution in [3.05, 3.63) is 16.9 Å². The summed E-state index contributed by atoms with van der Waals surface area (Å²) in [6, 6.07) is 0.0130. The number of hydrogen-bond donors (Lipinski definition) is 1. The van der Waals surface area contributed by atoms with Gasteiger partial charge >= 0.3 is 6.03 Å². The van der Waals surface area contributed by atoms with Gasteiger partial charge in [-0.25, -0.2) is 4.79 Å². The van der Waals surface area contributed by atoms with Gasteiger partial charge in [0, 0.05) is 25.3 Å². The minimum atomic E-state index is 0.0130. The molecule has 5 nitrogen and oxygen atoms in total. The number of carbonyl (C=O) groups excluding carboxylic acids is 1. The zero-order valence-corrected chi connectivity index (χ0v) is 15.4. The fourth-order valence-corrected chi connectivity index (χ4v) is 5.80. The first-order valence-corrected chi connectivity index (χ1v) is 9.59. The van der Waals surface area contributed by atoms with E-state index in [2.05, 4.69) is 10.4 Å². The molecule has 2 amide bonds. The lowest BCUT2D eigenvalue weighted by atomic mass is 9.53. The monoisotopic (exact) mass is 350 g/mol. The van der Waals surface area contributed by atoms with Crippen LogP contribution in [0, 0.1) is 17.8 Å². The molecule has 0 saturated heterocycles. The second kappa shape index (κ2) is 5.94. The van der Waals surface area contributed by atoms with E-state index in [1.165, 1.54) is 38.5 Å². The van der Waals surface area contributed by atoms with Gasteiger partial charge in [-0.05, 0) is 63.2 Å². The van der Waals surface area contributed by atoms with Gasteiger partial charge in [-0.15, -0.1) is 0 Å². The first-order chi connectivity index (χ1) is 11.5. The van der Waals surface area contributed by atoms with Crippen molar-refractivity contribution in [2.24, 2.45) is 17.8 Å². The van der Waals surface area contributed by atoms with Crippen LogP contribution in [0.5, 0.6) is 0 Å². The molecular weight excluding hydrogens is 324 g/mol. The van der Waals surface area contributed by atoms with Gasteiger partial charge < -0.3 is 10.2 Å². The Morgan fingerprint density at radius 1 is 1.33 bits per heavy atom. The molecule has 0 aromatic carbocycles. The Morgan fingerprint density at radius 3 is 2.42 bits per heavy atom. The number of rotatable bonds is 4. The molecule has 6 heteroatoms. The van der Waals surface area contributed by atoms with Gasteiger partial charge in [-0.1, -0.05) is 11.6 Å². The quantitative estimate of drug-likeness (QED) is 0.900. The molecule has 1 heterocycles. The molecule has 0 spiro atoms. The maximum Gasteiger partial charge on any atom is 0.317 e. The van der Waals surface area contributed by atoms with Crippen LogP contribution < -0.4 is 5.32 Å². The maximum atomic E-state index is 12.8. The highest BCUT2D eigenvalue weighted by Gasteiger charge is 2.51. The average molecular weight is 351 g/mol. The molecule has 4 bridgehead atoms. The third-order valence-corrected chi connectivity index (χ3v) is 6.57. The number of carbonyl (C=O) groups is 1. The van der Waals surface area contributed by atoms with E-state index in [0.717, 1.165) is 30.0 Å². The minimum Gasteiger partial charge on any atom is -0.333 e. The molecule has 24 heavy (non-hydrogen) atoms.